The van der Waals surface area contributed by atoms with Crippen LogP contribution < -0.4 is 10.5 Å². The number of methoxy groups -OCH3 is 1. The first-order valence-corrected chi connectivity index (χ1v) is 7.13. The summed E-state index contributed by atoms with van der Waals surface area (Å²) in [5, 5.41) is 10.8. The van der Waals surface area contributed by atoms with Gasteiger partial charge in [-0.15, -0.1) is 0 Å². The van der Waals surface area contributed by atoms with Gasteiger partial charge in [0.1, 0.15) is 11.6 Å². The van der Waals surface area contributed by atoms with Gasteiger partial charge in [-0.3, -0.25) is 0 Å². The minimum absolute atomic E-state index is 0.441. The van der Waals surface area contributed by atoms with Gasteiger partial charge in [-0.1, -0.05) is 23.9 Å². The lowest BCUT2D eigenvalue weighted by Gasteiger charge is -2.11. The van der Waals surface area contributed by atoms with Gasteiger partial charge < -0.3 is 15.6 Å². The summed E-state index contributed by atoms with van der Waals surface area (Å²) in [6, 6.07) is 9.08. The number of nitrogens with two attached hydrogens (primary N) is 1. The summed E-state index contributed by atoms with van der Waals surface area (Å²) in [7, 11) is 1.60. The van der Waals surface area contributed by atoms with Crippen molar-refractivity contribution >= 4 is 17.6 Å². The molecule has 1 aromatic carbocycles. The smallest absolute Gasteiger partial charge is 0.189 e. The molecular weight excluding hydrogens is 274 g/mol. The van der Waals surface area contributed by atoms with E-state index in [1.807, 2.05) is 31.2 Å². The van der Waals surface area contributed by atoms with Gasteiger partial charge in [0, 0.05) is 17.5 Å². The van der Waals surface area contributed by atoms with Gasteiger partial charge in [0.2, 0.25) is 0 Å². The molecule has 1 atom stereocenters. The minimum atomic E-state index is -0.611. The van der Waals surface area contributed by atoms with E-state index >= 15 is 0 Å². The third-order valence-corrected chi connectivity index (χ3v) is 3.63. The lowest BCUT2D eigenvalue weighted by atomic mass is 10.1. The van der Waals surface area contributed by atoms with E-state index in [-0.39, 0.29) is 0 Å². The Morgan fingerprint density at radius 2 is 2.15 bits per heavy atom. The number of rotatable bonds is 5. The maximum Gasteiger partial charge on any atom is 0.189 e. The minimum Gasteiger partial charge on any atom is -0.497 e. The normalized spacial score (nSPS) is 12.2. The van der Waals surface area contributed by atoms with Crippen molar-refractivity contribution in [1.82, 2.24) is 9.97 Å². The third kappa shape index (κ3) is 3.85. The van der Waals surface area contributed by atoms with E-state index in [2.05, 4.69) is 9.97 Å². The van der Waals surface area contributed by atoms with Crippen LogP contribution in [0.1, 0.15) is 17.4 Å². The molecule has 2 rings (SSSR count). The topological polar surface area (TPSA) is 81.3 Å². The number of thioether (sulfide) groups is 1. The number of hydrogen-bond donors (Lipinski definition) is 2. The number of aliphatic hydroxyl groups excluding tert-OH is 1. The first kappa shape index (κ1) is 14.6. The Kier molecular flexibility index (Phi) is 4.81. The fraction of sp³-hybridized carbons (Fsp3) is 0.286. The van der Waals surface area contributed by atoms with Gasteiger partial charge >= 0.3 is 0 Å². The second-order valence-electron chi connectivity index (χ2n) is 4.32. The van der Waals surface area contributed by atoms with Crippen LogP contribution in [-0.4, -0.2) is 27.9 Å². The van der Waals surface area contributed by atoms with E-state index in [1.54, 1.807) is 13.2 Å². The number of aromatic nitrogens is 2. The Morgan fingerprint density at radius 1 is 1.35 bits per heavy atom. The highest BCUT2D eigenvalue weighted by atomic mass is 32.2. The zero-order valence-electron chi connectivity index (χ0n) is 11.4. The van der Waals surface area contributed by atoms with Crippen molar-refractivity contribution in [3.05, 3.63) is 41.6 Å². The number of anilines is 1. The van der Waals surface area contributed by atoms with Gasteiger partial charge in [-0.25, -0.2) is 9.97 Å². The van der Waals surface area contributed by atoms with Gasteiger partial charge in [0.15, 0.2) is 5.16 Å². The molecular formula is C14H17N3O2S. The fourth-order valence-electron chi connectivity index (χ4n) is 1.73. The van der Waals surface area contributed by atoms with Gasteiger partial charge in [-0.05, 0) is 24.6 Å². The number of hydrogen-bond acceptors (Lipinski definition) is 6. The van der Waals surface area contributed by atoms with Gasteiger partial charge in [0.05, 0.1) is 13.2 Å². The summed E-state index contributed by atoms with van der Waals surface area (Å²) < 4.78 is 5.14. The molecule has 1 heterocycles. The Hall–Kier alpha value is -1.79. The zero-order valence-corrected chi connectivity index (χ0v) is 12.2. The van der Waals surface area contributed by atoms with E-state index in [0.717, 1.165) is 17.0 Å². The number of nitrogens with zero attached hydrogens (tertiary/aromatic N) is 2. The predicted molar refractivity (Wildman–Crippen MR) is 79.9 cm³/mol. The summed E-state index contributed by atoms with van der Waals surface area (Å²) in [4.78, 5) is 8.40. The fourth-order valence-corrected chi connectivity index (χ4v) is 2.61. The van der Waals surface area contributed by atoms with Crippen molar-refractivity contribution < 1.29 is 9.84 Å². The molecule has 5 nitrogen and oxygen atoms in total. The molecule has 0 radical (unpaired) electrons. The van der Waals surface area contributed by atoms with Crippen LogP contribution in [0.3, 0.4) is 0 Å². The number of aryl methyl sites for hydroxylation is 1. The second-order valence-corrected chi connectivity index (χ2v) is 5.31. The molecule has 0 amide bonds. The molecule has 20 heavy (non-hydrogen) atoms. The van der Waals surface area contributed by atoms with Crippen LogP contribution in [0, 0.1) is 6.92 Å². The zero-order chi connectivity index (χ0) is 14.5. The predicted octanol–water partition coefficient (Wildman–Crippen LogP) is 2.20. The molecule has 0 aliphatic heterocycles. The van der Waals surface area contributed by atoms with E-state index in [9.17, 15) is 5.11 Å². The van der Waals surface area contributed by atoms with Crippen LogP contribution in [0.2, 0.25) is 0 Å². The van der Waals surface area contributed by atoms with Gasteiger partial charge in [0.25, 0.3) is 0 Å². The lowest BCUT2D eigenvalue weighted by Crippen LogP contribution is -2.03. The molecule has 106 valence electrons. The van der Waals surface area contributed by atoms with E-state index in [1.165, 1.54) is 11.8 Å². The first-order chi connectivity index (χ1) is 9.58. The number of benzene rings is 1. The van der Waals surface area contributed by atoms with Crippen LogP contribution in [0.5, 0.6) is 5.75 Å². The largest absolute Gasteiger partial charge is 0.497 e. The molecule has 0 bridgehead atoms. The van der Waals surface area contributed by atoms with Crippen LogP contribution in [0.25, 0.3) is 0 Å². The van der Waals surface area contributed by atoms with Gasteiger partial charge in [-0.2, -0.15) is 0 Å². The summed E-state index contributed by atoms with van der Waals surface area (Å²) in [6.07, 6.45) is -0.611. The number of ether oxygens (including phenoxy) is 1. The Bertz CT molecular complexity index is 572. The Balaban J connectivity index is 2.02. The molecule has 6 heteroatoms. The van der Waals surface area contributed by atoms with Crippen molar-refractivity contribution in [2.75, 3.05) is 18.6 Å². The first-order valence-electron chi connectivity index (χ1n) is 6.14. The van der Waals surface area contributed by atoms with Crippen LogP contribution >= 0.6 is 11.8 Å². The van der Waals surface area contributed by atoms with Crippen LogP contribution in [0.4, 0.5) is 5.82 Å². The summed E-state index contributed by atoms with van der Waals surface area (Å²) in [5.74, 6) is 1.62. The molecule has 1 aromatic heterocycles. The highest BCUT2D eigenvalue weighted by Crippen LogP contribution is 2.25. The molecule has 0 fully saturated rings. The quantitative estimate of drug-likeness (QED) is 0.649. The van der Waals surface area contributed by atoms with Crippen molar-refractivity contribution in [3.63, 3.8) is 0 Å². The summed E-state index contributed by atoms with van der Waals surface area (Å²) >= 11 is 1.37. The van der Waals surface area contributed by atoms with E-state index in [4.69, 9.17) is 10.5 Å². The van der Waals surface area contributed by atoms with Crippen molar-refractivity contribution in [1.29, 1.82) is 0 Å². The highest BCUT2D eigenvalue weighted by Gasteiger charge is 2.11. The van der Waals surface area contributed by atoms with Crippen molar-refractivity contribution in [2.24, 2.45) is 0 Å². The number of aliphatic hydroxyl groups is 1. The standard InChI is InChI=1S/C14H17N3O2S/c1-9-6-13(15)17-14(16-9)20-8-12(18)10-4-3-5-11(7-10)19-2/h3-7,12,18H,8H2,1-2H3,(H2,15,16,17). The van der Waals surface area contributed by atoms with Crippen molar-refractivity contribution in [2.45, 2.75) is 18.2 Å². The summed E-state index contributed by atoms with van der Waals surface area (Å²) in [6.45, 7) is 1.86. The summed E-state index contributed by atoms with van der Waals surface area (Å²) in [5.41, 5.74) is 7.29. The number of nitrogen functional groups attached to an aromatic ring is 1. The maximum absolute atomic E-state index is 10.2. The monoisotopic (exact) mass is 291 g/mol. The lowest BCUT2D eigenvalue weighted by molar-refractivity contribution is 0.203. The van der Waals surface area contributed by atoms with Crippen LogP contribution in [-0.2, 0) is 0 Å². The van der Waals surface area contributed by atoms with Crippen LogP contribution in [0.15, 0.2) is 35.5 Å². The Labute approximate surface area is 122 Å². The molecule has 1 unspecified atom stereocenters. The Morgan fingerprint density at radius 3 is 2.85 bits per heavy atom. The molecule has 0 aliphatic carbocycles. The molecule has 0 saturated carbocycles. The second kappa shape index (κ2) is 6.58. The van der Waals surface area contributed by atoms with E-state index in [0.29, 0.717) is 16.7 Å². The van der Waals surface area contributed by atoms with Crippen molar-refractivity contribution in [3.8, 4) is 5.75 Å². The molecule has 3 N–H and O–H groups in total. The average Bonchev–Trinajstić information content (AvgIpc) is 2.44. The maximum atomic E-state index is 10.2. The highest BCUT2D eigenvalue weighted by molar-refractivity contribution is 7.99. The average molecular weight is 291 g/mol. The molecule has 0 spiro atoms. The third-order valence-electron chi connectivity index (χ3n) is 2.70. The molecule has 0 saturated heterocycles. The van der Waals surface area contributed by atoms with E-state index < -0.39 is 6.10 Å². The molecule has 2 aromatic rings. The SMILES string of the molecule is COc1cccc(C(O)CSc2nc(C)cc(N)n2)c1. The molecule has 0 aliphatic rings.